The van der Waals surface area contributed by atoms with Gasteiger partial charge < -0.3 is 10.1 Å². The van der Waals surface area contributed by atoms with E-state index in [1.165, 1.54) is 0 Å². The van der Waals surface area contributed by atoms with Crippen molar-refractivity contribution < 1.29 is 9.53 Å². The minimum atomic E-state index is -0.00903. The minimum absolute atomic E-state index is 0.00903. The third-order valence-electron chi connectivity index (χ3n) is 3.50. The van der Waals surface area contributed by atoms with Gasteiger partial charge in [-0.05, 0) is 35.7 Å². The number of ether oxygens (including phenoxy) is 1. The summed E-state index contributed by atoms with van der Waals surface area (Å²) >= 11 is 5.92. The fourth-order valence-corrected chi connectivity index (χ4v) is 2.74. The van der Waals surface area contributed by atoms with Crippen molar-refractivity contribution in [3.05, 3.63) is 64.7 Å². The quantitative estimate of drug-likeness (QED) is 0.946. The van der Waals surface area contributed by atoms with E-state index in [0.29, 0.717) is 18.1 Å². The Morgan fingerprint density at radius 2 is 2.10 bits per heavy atom. The smallest absolute Gasteiger partial charge is 0.224 e. The number of nitrogens with one attached hydrogen (secondary N) is 1. The van der Waals surface area contributed by atoms with Gasteiger partial charge in [-0.3, -0.25) is 4.79 Å². The summed E-state index contributed by atoms with van der Waals surface area (Å²) in [6.45, 7) is 0.512. The largest absolute Gasteiger partial charge is 0.491 e. The van der Waals surface area contributed by atoms with E-state index in [9.17, 15) is 4.79 Å². The number of rotatable bonds is 3. The number of para-hydroxylation sites is 1. The van der Waals surface area contributed by atoms with Crippen molar-refractivity contribution in [3.63, 3.8) is 0 Å². The lowest BCUT2D eigenvalue weighted by Gasteiger charge is -2.26. The first-order chi connectivity index (χ1) is 10.2. The molecule has 0 aliphatic carbocycles. The molecule has 4 heteroatoms. The summed E-state index contributed by atoms with van der Waals surface area (Å²) in [5.41, 5.74) is 2.05. The lowest BCUT2D eigenvalue weighted by atomic mass is 10.0. The van der Waals surface area contributed by atoms with Crippen LogP contribution in [0.4, 0.5) is 0 Å². The zero-order valence-corrected chi connectivity index (χ0v) is 12.3. The van der Waals surface area contributed by atoms with E-state index >= 15 is 0 Å². The van der Waals surface area contributed by atoms with Crippen LogP contribution < -0.4 is 10.1 Å². The first-order valence-electron chi connectivity index (χ1n) is 6.95. The van der Waals surface area contributed by atoms with Crippen LogP contribution in [0.2, 0.25) is 5.02 Å². The molecule has 1 atom stereocenters. The molecule has 108 valence electrons. The van der Waals surface area contributed by atoms with Crippen molar-refractivity contribution in [2.75, 3.05) is 6.61 Å². The first-order valence-corrected chi connectivity index (χ1v) is 7.33. The monoisotopic (exact) mass is 301 g/mol. The second kappa shape index (κ2) is 6.19. The molecule has 1 N–H and O–H groups in total. The van der Waals surface area contributed by atoms with Gasteiger partial charge in [0.25, 0.3) is 0 Å². The van der Waals surface area contributed by atoms with Gasteiger partial charge in [-0.15, -0.1) is 0 Å². The van der Waals surface area contributed by atoms with E-state index in [4.69, 9.17) is 16.3 Å². The molecule has 3 rings (SSSR count). The van der Waals surface area contributed by atoms with Gasteiger partial charge in [0, 0.05) is 5.02 Å². The van der Waals surface area contributed by atoms with Crippen LogP contribution in [0, 0.1) is 0 Å². The molecular formula is C17H16ClNO2. The Hall–Kier alpha value is -2.00. The Morgan fingerprint density at radius 3 is 2.95 bits per heavy atom. The lowest BCUT2D eigenvalue weighted by molar-refractivity contribution is -0.121. The van der Waals surface area contributed by atoms with Crippen LogP contribution in [0.15, 0.2) is 48.5 Å². The van der Waals surface area contributed by atoms with Gasteiger partial charge in [-0.1, -0.05) is 41.9 Å². The third-order valence-corrected chi connectivity index (χ3v) is 3.73. The highest BCUT2D eigenvalue weighted by Gasteiger charge is 2.20. The summed E-state index contributed by atoms with van der Waals surface area (Å²) in [7, 11) is 0. The average Bonchev–Trinajstić information content (AvgIpc) is 2.47. The van der Waals surface area contributed by atoms with E-state index in [1.54, 1.807) is 6.07 Å². The number of benzene rings is 2. The van der Waals surface area contributed by atoms with Gasteiger partial charge in [0.2, 0.25) is 5.91 Å². The van der Waals surface area contributed by atoms with Crippen molar-refractivity contribution in [2.24, 2.45) is 0 Å². The summed E-state index contributed by atoms with van der Waals surface area (Å²) in [5, 5.41) is 3.67. The van der Waals surface area contributed by atoms with Crippen LogP contribution in [0.25, 0.3) is 0 Å². The molecule has 0 saturated carbocycles. The summed E-state index contributed by atoms with van der Waals surface area (Å²) in [4.78, 5) is 12.1. The van der Waals surface area contributed by atoms with E-state index in [-0.39, 0.29) is 11.9 Å². The maximum Gasteiger partial charge on any atom is 0.224 e. The molecule has 0 saturated heterocycles. The van der Waals surface area contributed by atoms with Crippen LogP contribution in [0.5, 0.6) is 5.75 Å². The molecular weight excluding hydrogens is 286 g/mol. The molecule has 0 fully saturated rings. The Bertz CT molecular complexity index is 657. The van der Waals surface area contributed by atoms with Gasteiger partial charge in [-0.25, -0.2) is 0 Å². The Balaban J connectivity index is 1.59. The molecule has 1 amide bonds. The molecule has 1 heterocycles. The average molecular weight is 302 g/mol. The topological polar surface area (TPSA) is 38.3 Å². The van der Waals surface area contributed by atoms with Gasteiger partial charge in [-0.2, -0.15) is 0 Å². The minimum Gasteiger partial charge on any atom is -0.491 e. The summed E-state index contributed by atoms with van der Waals surface area (Å²) in [6.07, 6.45) is 1.14. The van der Waals surface area contributed by atoms with E-state index in [1.807, 2.05) is 42.5 Å². The van der Waals surface area contributed by atoms with Crippen LogP contribution >= 0.6 is 11.6 Å². The molecule has 0 spiro atoms. The molecule has 1 aliphatic rings. The number of amides is 1. The fraction of sp³-hybridized carbons (Fsp3) is 0.235. The predicted octanol–water partition coefficient (Wildman–Crippen LogP) is 3.00. The van der Waals surface area contributed by atoms with Gasteiger partial charge >= 0.3 is 0 Å². The van der Waals surface area contributed by atoms with Crippen LogP contribution in [0.1, 0.15) is 11.1 Å². The maximum atomic E-state index is 12.1. The first kappa shape index (κ1) is 14.0. The van der Waals surface area contributed by atoms with Crippen molar-refractivity contribution in [2.45, 2.75) is 18.9 Å². The molecule has 21 heavy (non-hydrogen) atoms. The van der Waals surface area contributed by atoms with E-state index < -0.39 is 0 Å². The number of hydrogen-bond acceptors (Lipinski definition) is 2. The highest BCUT2D eigenvalue weighted by Crippen LogP contribution is 2.23. The van der Waals surface area contributed by atoms with E-state index in [0.717, 1.165) is 23.3 Å². The second-order valence-electron chi connectivity index (χ2n) is 5.19. The highest BCUT2D eigenvalue weighted by atomic mass is 35.5. The van der Waals surface area contributed by atoms with E-state index in [2.05, 4.69) is 5.32 Å². The summed E-state index contributed by atoms with van der Waals surface area (Å²) in [6, 6.07) is 15.3. The van der Waals surface area contributed by atoms with Gasteiger partial charge in [0.05, 0.1) is 12.5 Å². The van der Waals surface area contributed by atoms with Crippen molar-refractivity contribution in [1.29, 1.82) is 0 Å². The third kappa shape index (κ3) is 3.56. The van der Waals surface area contributed by atoms with Crippen molar-refractivity contribution >= 4 is 17.5 Å². The normalized spacial score (nSPS) is 16.7. The molecule has 2 aromatic carbocycles. The number of carbonyl (C=O) groups excluding carboxylic acids is 1. The second-order valence-corrected chi connectivity index (χ2v) is 5.63. The predicted molar refractivity (Wildman–Crippen MR) is 82.7 cm³/mol. The number of carbonyl (C=O) groups is 1. The molecule has 0 bridgehead atoms. The molecule has 0 radical (unpaired) electrons. The number of hydrogen-bond donors (Lipinski definition) is 1. The summed E-state index contributed by atoms with van der Waals surface area (Å²) in [5.74, 6) is 0.906. The number of halogens is 1. The van der Waals surface area contributed by atoms with Crippen molar-refractivity contribution in [1.82, 2.24) is 5.32 Å². The van der Waals surface area contributed by atoms with Crippen LogP contribution in [-0.2, 0) is 17.6 Å². The summed E-state index contributed by atoms with van der Waals surface area (Å²) < 4.78 is 5.67. The SMILES string of the molecule is O=C(Cc1cccc(Cl)c1)NC1COc2ccccc2C1. The molecule has 2 aromatic rings. The molecule has 1 aliphatic heterocycles. The molecule has 0 aromatic heterocycles. The Morgan fingerprint density at radius 1 is 1.24 bits per heavy atom. The Kier molecular flexibility index (Phi) is 4.11. The lowest BCUT2D eigenvalue weighted by Crippen LogP contribution is -2.43. The highest BCUT2D eigenvalue weighted by molar-refractivity contribution is 6.30. The molecule has 1 unspecified atom stereocenters. The van der Waals surface area contributed by atoms with Crippen LogP contribution in [-0.4, -0.2) is 18.6 Å². The Labute approximate surface area is 128 Å². The number of fused-ring (bicyclic) bond motifs is 1. The maximum absolute atomic E-state index is 12.1. The zero-order chi connectivity index (χ0) is 14.7. The molecule has 3 nitrogen and oxygen atoms in total. The van der Waals surface area contributed by atoms with Crippen molar-refractivity contribution in [3.8, 4) is 5.75 Å². The van der Waals surface area contributed by atoms with Gasteiger partial charge in [0.15, 0.2) is 0 Å². The van der Waals surface area contributed by atoms with Crippen LogP contribution in [0.3, 0.4) is 0 Å². The fourth-order valence-electron chi connectivity index (χ4n) is 2.53. The zero-order valence-electron chi connectivity index (χ0n) is 11.5. The standard InChI is InChI=1S/C17H16ClNO2/c18-14-6-3-4-12(8-14)9-17(20)19-15-10-13-5-1-2-7-16(13)21-11-15/h1-8,15H,9-11H2,(H,19,20). The van der Waals surface area contributed by atoms with Gasteiger partial charge in [0.1, 0.15) is 12.4 Å².